The average molecular weight is 279 g/mol. The van der Waals surface area contributed by atoms with Crippen LogP contribution in [0.25, 0.3) is 0 Å². The van der Waals surface area contributed by atoms with Gasteiger partial charge in [-0.15, -0.1) is 0 Å². The number of nitrogens with one attached hydrogen (secondary N) is 1. The zero-order valence-electron chi connectivity index (χ0n) is 12.6. The summed E-state index contributed by atoms with van der Waals surface area (Å²) in [6, 6.07) is 2.81. The number of nitrogens with zero attached hydrogens (tertiary/aromatic N) is 2. The van der Waals surface area contributed by atoms with Gasteiger partial charge in [0.25, 0.3) is 0 Å². The van der Waals surface area contributed by atoms with Gasteiger partial charge in [-0.25, -0.2) is 0 Å². The zero-order valence-corrected chi connectivity index (χ0v) is 12.6. The molecule has 0 amide bonds. The molecule has 2 aliphatic rings. The van der Waals surface area contributed by atoms with Crippen LogP contribution in [0.1, 0.15) is 44.9 Å². The molecule has 0 radical (unpaired) electrons. The Kier molecular flexibility index (Phi) is 6.78. The largest absolute Gasteiger partial charge is 0.396 e. The smallest absolute Gasteiger partial charge is 0.0866 e. The van der Waals surface area contributed by atoms with Crippen LogP contribution >= 0.6 is 0 Å². The Hall–Kier alpha value is -0.630. The first-order valence-corrected chi connectivity index (χ1v) is 8.25. The van der Waals surface area contributed by atoms with Crippen molar-refractivity contribution < 1.29 is 5.11 Å². The fourth-order valence-electron chi connectivity index (χ4n) is 3.82. The van der Waals surface area contributed by atoms with Gasteiger partial charge in [0.1, 0.15) is 0 Å². The fourth-order valence-corrected chi connectivity index (χ4v) is 3.82. The van der Waals surface area contributed by atoms with E-state index in [9.17, 15) is 0 Å². The van der Waals surface area contributed by atoms with Gasteiger partial charge in [0.2, 0.25) is 0 Å². The van der Waals surface area contributed by atoms with Crippen LogP contribution in [-0.4, -0.2) is 48.8 Å². The molecule has 20 heavy (non-hydrogen) atoms. The Morgan fingerprint density at radius 2 is 2.00 bits per heavy atom. The van der Waals surface area contributed by atoms with E-state index in [2.05, 4.69) is 16.3 Å². The molecule has 0 bridgehead atoms. The number of hydrogen-bond acceptors (Lipinski definition) is 4. The molecule has 2 unspecified atom stereocenters. The summed E-state index contributed by atoms with van der Waals surface area (Å²) in [6.07, 6.45) is 8.74. The summed E-state index contributed by atoms with van der Waals surface area (Å²) in [5.74, 6) is 1.50. The second-order valence-corrected chi connectivity index (χ2v) is 6.58. The van der Waals surface area contributed by atoms with E-state index in [0.717, 1.165) is 38.4 Å². The average Bonchev–Trinajstić information content (AvgIpc) is 2.96. The first kappa shape index (κ1) is 15.8. The quantitative estimate of drug-likeness (QED) is 0.697. The van der Waals surface area contributed by atoms with Gasteiger partial charge in [0, 0.05) is 25.7 Å². The SMILES string of the molecule is N#CCN1CC(CCCO)CC(NCC2CCCC2)C1. The first-order valence-electron chi connectivity index (χ1n) is 8.25. The minimum atomic E-state index is 0.287. The van der Waals surface area contributed by atoms with Gasteiger partial charge in [-0.05, 0) is 50.5 Å². The van der Waals surface area contributed by atoms with Crippen molar-refractivity contribution >= 4 is 0 Å². The van der Waals surface area contributed by atoms with Crippen molar-refractivity contribution in [3.8, 4) is 6.07 Å². The van der Waals surface area contributed by atoms with Crippen molar-refractivity contribution in [3.05, 3.63) is 0 Å². The molecule has 0 aromatic heterocycles. The lowest BCUT2D eigenvalue weighted by atomic mass is 9.90. The van der Waals surface area contributed by atoms with E-state index >= 15 is 0 Å². The first-order chi connectivity index (χ1) is 9.81. The van der Waals surface area contributed by atoms with Crippen molar-refractivity contribution in [2.24, 2.45) is 11.8 Å². The molecule has 0 aromatic carbocycles. The van der Waals surface area contributed by atoms with Crippen molar-refractivity contribution in [2.45, 2.75) is 51.0 Å². The van der Waals surface area contributed by atoms with Gasteiger partial charge < -0.3 is 10.4 Å². The predicted molar refractivity (Wildman–Crippen MR) is 80.2 cm³/mol. The third kappa shape index (κ3) is 5.05. The van der Waals surface area contributed by atoms with Gasteiger partial charge in [-0.1, -0.05) is 12.8 Å². The van der Waals surface area contributed by atoms with Crippen LogP contribution in [-0.2, 0) is 0 Å². The van der Waals surface area contributed by atoms with E-state index in [-0.39, 0.29) is 6.61 Å². The normalized spacial score (nSPS) is 28.6. The molecule has 2 rings (SSSR count). The third-order valence-corrected chi connectivity index (χ3v) is 4.85. The summed E-state index contributed by atoms with van der Waals surface area (Å²) in [4.78, 5) is 2.28. The molecule has 4 nitrogen and oxygen atoms in total. The van der Waals surface area contributed by atoms with Gasteiger partial charge in [-0.2, -0.15) is 5.26 Å². The Bertz CT molecular complexity index is 309. The molecule has 114 valence electrons. The number of aliphatic hydroxyl groups excluding tert-OH is 1. The van der Waals surface area contributed by atoms with E-state index in [1.807, 2.05) is 0 Å². The highest BCUT2D eigenvalue weighted by Gasteiger charge is 2.27. The van der Waals surface area contributed by atoms with Crippen LogP contribution in [0, 0.1) is 23.2 Å². The Balaban J connectivity index is 1.77. The monoisotopic (exact) mass is 279 g/mol. The molecule has 1 saturated carbocycles. The molecule has 1 saturated heterocycles. The Labute approximate surface area is 123 Å². The fraction of sp³-hybridized carbons (Fsp3) is 0.938. The summed E-state index contributed by atoms with van der Waals surface area (Å²) < 4.78 is 0. The summed E-state index contributed by atoms with van der Waals surface area (Å²) >= 11 is 0. The Morgan fingerprint density at radius 1 is 1.20 bits per heavy atom. The third-order valence-electron chi connectivity index (χ3n) is 4.85. The minimum absolute atomic E-state index is 0.287. The molecule has 2 fully saturated rings. The number of hydrogen-bond donors (Lipinski definition) is 2. The summed E-state index contributed by atoms with van der Waals surface area (Å²) in [7, 11) is 0. The van der Waals surface area contributed by atoms with E-state index in [0.29, 0.717) is 18.5 Å². The molecule has 2 atom stereocenters. The van der Waals surface area contributed by atoms with Gasteiger partial charge in [-0.3, -0.25) is 4.90 Å². The van der Waals surface area contributed by atoms with Gasteiger partial charge in [0.05, 0.1) is 12.6 Å². The van der Waals surface area contributed by atoms with Crippen LogP contribution < -0.4 is 5.32 Å². The predicted octanol–water partition coefficient (Wildman–Crippen LogP) is 1.75. The lowest BCUT2D eigenvalue weighted by Gasteiger charge is -2.37. The van der Waals surface area contributed by atoms with Crippen LogP contribution in [0.2, 0.25) is 0 Å². The maximum absolute atomic E-state index is 9.00. The lowest BCUT2D eigenvalue weighted by molar-refractivity contribution is 0.140. The second-order valence-electron chi connectivity index (χ2n) is 6.58. The van der Waals surface area contributed by atoms with Crippen LogP contribution in [0.5, 0.6) is 0 Å². The van der Waals surface area contributed by atoms with Crippen LogP contribution in [0.15, 0.2) is 0 Å². The summed E-state index contributed by atoms with van der Waals surface area (Å²) in [6.45, 7) is 4.01. The molecule has 1 aliphatic heterocycles. The Morgan fingerprint density at radius 3 is 2.70 bits per heavy atom. The lowest BCUT2D eigenvalue weighted by Crippen LogP contribution is -2.50. The van der Waals surface area contributed by atoms with Crippen molar-refractivity contribution in [3.63, 3.8) is 0 Å². The van der Waals surface area contributed by atoms with Gasteiger partial charge in [0.15, 0.2) is 0 Å². The molecule has 1 aliphatic carbocycles. The van der Waals surface area contributed by atoms with Crippen molar-refractivity contribution in [2.75, 3.05) is 32.8 Å². The second kappa shape index (κ2) is 8.61. The molecule has 1 heterocycles. The van der Waals surface area contributed by atoms with Crippen molar-refractivity contribution in [1.29, 1.82) is 5.26 Å². The summed E-state index contributed by atoms with van der Waals surface area (Å²) in [5.41, 5.74) is 0. The zero-order chi connectivity index (χ0) is 14.2. The van der Waals surface area contributed by atoms with E-state index < -0.39 is 0 Å². The molecule has 4 heteroatoms. The van der Waals surface area contributed by atoms with E-state index in [4.69, 9.17) is 10.4 Å². The molecule has 0 aromatic rings. The maximum Gasteiger partial charge on any atom is 0.0866 e. The topological polar surface area (TPSA) is 59.3 Å². The van der Waals surface area contributed by atoms with E-state index in [1.54, 1.807) is 0 Å². The number of nitriles is 1. The van der Waals surface area contributed by atoms with Crippen LogP contribution in [0.4, 0.5) is 0 Å². The molecular formula is C16H29N3O. The van der Waals surface area contributed by atoms with E-state index in [1.165, 1.54) is 32.1 Å². The number of likely N-dealkylation sites (tertiary alicyclic amines) is 1. The van der Waals surface area contributed by atoms with Crippen LogP contribution in [0.3, 0.4) is 0 Å². The van der Waals surface area contributed by atoms with Gasteiger partial charge >= 0.3 is 0 Å². The highest BCUT2D eigenvalue weighted by Crippen LogP contribution is 2.25. The molecule has 2 N–H and O–H groups in total. The molecule has 0 spiro atoms. The molecular weight excluding hydrogens is 250 g/mol. The number of piperidine rings is 1. The maximum atomic E-state index is 9.00. The highest BCUT2D eigenvalue weighted by molar-refractivity contribution is 4.88. The standard InChI is InChI=1S/C16H29N3O/c17-7-8-19-12-15(6-3-9-20)10-16(13-19)18-11-14-4-1-2-5-14/h14-16,18,20H,1-6,8-13H2. The number of aliphatic hydroxyl groups is 1. The van der Waals surface area contributed by atoms with Crippen molar-refractivity contribution in [1.82, 2.24) is 10.2 Å². The highest BCUT2D eigenvalue weighted by atomic mass is 16.2. The minimum Gasteiger partial charge on any atom is -0.396 e. The summed E-state index contributed by atoms with van der Waals surface area (Å²) in [5, 5.41) is 21.7. The number of rotatable bonds is 7.